The average Bonchev–Trinajstić information content (AvgIpc) is 3.25. The molecule has 6 N–H and O–H groups in total. The van der Waals surface area contributed by atoms with Crippen LogP contribution in [0.2, 0.25) is 0 Å². The van der Waals surface area contributed by atoms with Crippen LogP contribution in [0.5, 0.6) is 0 Å². The molecule has 2 aliphatic rings. The predicted octanol–water partition coefficient (Wildman–Crippen LogP) is 7.27. The van der Waals surface area contributed by atoms with E-state index in [0.29, 0.717) is 12.8 Å². The second-order valence-corrected chi connectivity index (χ2v) is 18.7. The number of hydrogen-bond acceptors (Lipinski definition) is 15. The van der Waals surface area contributed by atoms with Gasteiger partial charge in [-0.3, -0.25) is 14.1 Å². The number of rotatable bonds is 38. The Bertz CT molecular complexity index is 1270. The summed E-state index contributed by atoms with van der Waals surface area (Å²) in [6, 6.07) is 0. The number of hydrogen-bond donors (Lipinski definition) is 6. The molecule has 2 rings (SSSR count). The van der Waals surface area contributed by atoms with Gasteiger partial charge in [-0.15, -0.1) is 0 Å². The van der Waals surface area contributed by atoms with Crippen LogP contribution in [0.15, 0.2) is 0 Å². The highest BCUT2D eigenvalue weighted by atomic mass is 32.3. The van der Waals surface area contributed by atoms with Crippen LogP contribution in [0, 0.1) is 0 Å². The number of aliphatic hydroxyl groups is 5. The Morgan fingerprint density at radius 1 is 0.460 bits per heavy atom. The minimum absolute atomic E-state index is 0.00442. The quantitative estimate of drug-likeness (QED) is 0.0202. The van der Waals surface area contributed by atoms with Crippen molar-refractivity contribution in [3.63, 3.8) is 0 Å². The number of ether oxygens (including phenoxy) is 5. The molecule has 63 heavy (non-hydrogen) atoms. The topological polar surface area (TPSA) is 245 Å². The van der Waals surface area contributed by atoms with Gasteiger partial charge in [0.1, 0.15) is 30.5 Å². The molecule has 2 heterocycles. The van der Waals surface area contributed by atoms with Crippen molar-refractivity contribution in [3.05, 3.63) is 0 Å². The van der Waals surface area contributed by atoms with E-state index in [4.69, 9.17) is 23.7 Å². The van der Waals surface area contributed by atoms with E-state index in [1.165, 1.54) is 116 Å². The highest BCUT2D eigenvalue weighted by Crippen LogP contribution is 2.33. The standard InChI is InChI=1S/C46H86O16S/c1-3-5-7-9-11-13-15-17-18-20-22-23-25-27-29-31-37(49)59-42-40(52)36(34-48)58-46(61-45-43(62-63(54,55)56)41(53)39(51)35(33-47)57-45)44(42)60-38(50)32-30-28-26-24-21-19-16-14-12-10-8-6-4-2/h35-36,39-48,51-53H,3-34H2,1-2H3,(H,54,55,56)/t35-,36-,39-,40-,41+,42+,43-,44-,45-,46-/m1/s1. The highest BCUT2D eigenvalue weighted by molar-refractivity contribution is 7.80. The molecule has 0 amide bonds. The van der Waals surface area contributed by atoms with Crippen LogP contribution < -0.4 is 0 Å². The minimum Gasteiger partial charge on any atom is -0.455 e. The van der Waals surface area contributed by atoms with E-state index in [1.54, 1.807) is 0 Å². The van der Waals surface area contributed by atoms with Gasteiger partial charge in [-0.2, -0.15) is 8.42 Å². The molecule has 2 aliphatic heterocycles. The maximum atomic E-state index is 13.3. The number of unbranched alkanes of at least 4 members (excludes halogenated alkanes) is 26. The Kier molecular flexibility index (Phi) is 31.8. The summed E-state index contributed by atoms with van der Waals surface area (Å²) in [6.45, 7) is 2.76. The summed E-state index contributed by atoms with van der Waals surface area (Å²) >= 11 is 0. The Balaban J connectivity index is 2.01. The Hall–Kier alpha value is -1.51. The van der Waals surface area contributed by atoms with Crippen LogP contribution >= 0.6 is 0 Å². The zero-order valence-corrected chi connectivity index (χ0v) is 39.4. The van der Waals surface area contributed by atoms with Gasteiger partial charge in [-0.05, 0) is 12.8 Å². The van der Waals surface area contributed by atoms with Crippen molar-refractivity contribution < 1.29 is 76.0 Å². The summed E-state index contributed by atoms with van der Waals surface area (Å²) in [5.74, 6) is -1.44. The molecule has 0 bridgehead atoms. The van der Waals surface area contributed by atoms with Gasteiger partial charge >= 0.3 is 22.3 Å². The lowest BCUT2D eigenvalue weighted by Crippen LogP contribution is -2.65. The maximum Gasteiger partial charge on any atom is 0.397 e. The largest absolute Gasteiger partial charge is 0.455 e. The molecule has 0 aromatic heterocycles. The SMILES string of the molecule is CCCCCCCCCCCCCCCCCC(=O)O[C@H]1[C@H](O)[C@@H](CO)O[C@H](O[C@H]2O[C@H](CO)[C@@H](O)[C@H](O)[C@H]2OS(=O)(=O)O)[C@@H]1OC(=O)CCCCCCCCCCCCCCC. The molecule has 0 aromatic rings. The molecule has 0 aromatic carbocycles. The second-order valence-electron chi connectivity index (χ2n) is 17.6. The third kappa shape index (κ3) is 24.7. The molecular formula is C46H86O16S. The monoisotopic (exact) mass is 927 g/mol. The van der Waals surface area contributed by atoms with Gasteiger partial charge in [-0.25, -0.2) is 4.18 Å². The van der Waals surface area contributed by atoms with E-state index in [2.05, 4.69) is 18.0 Å². The van der Waals surface area contributed by atoms with Crippen molar-refractivity contribution in [3.8, 4) is 0 Å². The lowest BCUT2D eigenvalue weighted by atomic mass is 9.97. The first-order valence-electron chi connectivity index (χ1n) is 24.6. The van der Waals surface area contributed by atoms with Crippen LogP contribution in [0.3, 0.4) is 0 Å². The Morgan fingerprint density at radius 2 is 0.778 bits per heavy atom. The molecule has 16 nitrogen and oxygen atoms in total. The normalized spacial score (nSPS) is 26.5. The molecule has 372 valence electrons. The van der Waals surface area contributed by atoms with E-state index in [-0.39, 0.29) is 12.8 Å². The number of aliphatic hydroxyl groups excluding tert-OH is 5. The molecule has 0 radical (unpaired) electrons. The fourth-order valence-corrected chi connectivity index (χ4v) is 8.79. The molecule has 17 heteroatoms. The minimum atomic E-state index is -5.28. The predicted molar refractivity (Wildman–Crippen MR) is 237 cm³/mol. The van der Waals surface area contributed by atoms with E-state index >= 15 is 0 Å². The van der Waals surface area contributed by atoms with Gasteiger partial charge in [0.25, 0.3) is 0 Å². The number of esters is 2. The maximum absolute atomic E-state index is 13.3. The molecule has 0 spiro atoms. The lowest BCUT2D eigenvalue weighted by Gasteiger charge is -2.46. The number of carbonyl (C=O) groups is 2. The Morgan fingerprint density at radius 3 is 1.13 bits per heavy atom. The molecule has 0 unspecified atom stereocenters. The van der Waals surface area contributed by atoms with Crippen LogP contribution in [-0.4, -0.2) is 125 Å². The summed E-state index contributed by atoms with van der Waals surface area (Å²) in [5.41, 5.74) is 0. The van der Waals surface area contributed by atoms with Gasteiger partial charge in [0, 0.05) is 12.8 Å². The van der Waals surface area contributed by atoms with Crippen LogP contribution in [0.4, 0.5) is 0 Å². The molecule has 2 saturated heterocycles. The van der Waals surface area contributed by atoms with Gasteiger partial charge in [0.15, 0.2) is 24.6 Å². The smallest absolute Gasteiger partial charge is 0.397 e. The van der Waals surface area contributed by atoms with Crippen molar-refractivity contribution in [1.82, 2.24) is 0 Å². The van der Waals surface area contributed by atoms with Crippen molar-refractivity contribution in [2.45, 2.75) is 268 Å². The zero-order valence-electron chi connectivity index (χ0n) is 38.6. The zero-order chi connectivity index (χ0) is 46.3. The lowest BCUT2D eigenvalue weighted by molar-refractivity contribution is -0.374. The van der Waals surface area contributed by atoms with Gasteiger partial charge in [0.2, 0.25) is 6.29 Å². The van der Waals surface area contributed by atoms with Crippen LogP contribution in [0.1, 0.15) is 206 Å². The van der Waals surface area contributed by atoms with Crippen molar-refractivity contribution in [2.75, 3.05) is 13.2 Å². The third-order valence-electron chi connectivity index (χ3n) is 12.1. The van der Waals surface area contributed by atoms with E-state index in [9.17, 15) is 48.1 Å². The third-order valence-corrected chi connectivity index (χ3v) is 12.6. The van der Waals surface area contributed by atoms with Crippen LogP contribution in [0.25, 0.3) is 0 Å². The van der Waals surface area contributed by atoms with E-state index in [0.717, 1.165) is 51.4 Å². The van der Waals surface area contributed by atoms with Gasteiger partial charge < -0.3 is 49.2 Å². The molecule has 2 fully saturated rings. The molecule has 0 saturated carbocycles. The summed E-state index contributed by atoms with van der Waals surface area (Å²) < 4.78 is 66.1. The summed E-state index contributed by atoms with van der Waals surface area (Å²) in [5, 5.41) is 52.3. The Labute approximate surface area is 378 Å². The van der Waals surface area contributed by atoms with E-state index in [1.807, 2.05) is 0 Å². The van der Waals surface area contributed by atoms with Crippen molar-refractivity contribution in [1.29, 1.82) is 0 Å². The molecule has 10 atom stereocenters. The second kappa shape index (κ2) is 34.7. The first-order chi connectivity index (χ1) is 30.4. The van der Waals surface area contributed by atoms with Gasteiger partial charge in [-0.1, -0.05) is 181 Å². The first kappa shape index (κ1) is 57.6. The molecule has 0 aliphatic carbocycles. The summed E-state index contributed by atoms with van der Waals surface area (Å²) in [7, 11) is -5.28. The average molecular weight is 927 g/mol. The van der Waals surface area contributed by atoms with Crippen molar-refractivity contribution in [2.24, 2.45) is 0 Å². The van der Waals surface area contributed by atoms with Crippen LogP contribution in [-0.2, 0) is 47.9 Å². The van der Waals surface area contributed by atoms with E-state index < -0.39 is 97.0 Å². The highest BCUT2D eigenvalue weighted by Gasteiger charge is 2.54. The molecular weight excluding hydrogens is 841 g/mol. The fourth-order valence-electron chi connectivity index (χ4n) is 8.30. The fraction of sp³-hybridized carbons (Fsp3) is 0.957. The van der Waals surface area contributed by atoms with Crippen molar-refractivity contribution >= 4 is 22.3 Å². The summed E-state index contributed by atoms with van der Waals surface area (Å²) in [4.78, 5) is 26.6. The first-order valence-corrected chi connectivity index (χ1v) is 26.0. The summed E-state index contributed by atoms with van der Waals surface area (Å²) in [6.07, 6.45) is 13.6. The number of carbonyl (C=O) groups excluding carboxylic acids is 2. The van der Waals surface area contributed by atoms with Gasteiger partial charge in [0.05, 0.1) is 13.2 Å².